The lowest BCUT2D eigenvalue weighted by atomic mass is 10.1. The molecule has 1 aromatic heterocycles. The van der Waals surface area contributed by atoms with E-state index >= 15 is 0 Å². The monoisotopic (exact) mass is 378 g/mol. The first-order chi connectivity index (χ1) is 13.5. The van der Waals surface area contributed by atoms with E-state index in [4.69, 9.17) is 4.74 Å². The molecule has 1 amide bonds. The molecule has 0 radical (unpaired) electrons. The zero-order valence-corrected chi connectivity index (χ0v) is 15.8. The fourth-order valence-electron chi connectivity index (χ4n) is 2.99. The number of fused-ring (bicyclic) bond motifs is 1. The number of carbonyl (C=O) groups is 2. The van der Waals surface area contributed by atoms with Crippen molar-refractivity contribution < 1.29 is 14.3 Å². The molecule has 6 nitrogen and oxygen atoms in total. The number of aryl methyl sites for hydroxylation is 1. The Hall–Kier alpha value is -3.41. The van der Waals surface area contributed by atoms with Gasteiger partial charge in [0.15, 0.2) is 6.61 Å². The summed E-state index contributed by atoms with van der Waals surface area (Å²) in [6.07, 6.45) is 0.952. The number of carbonyl (C=O) groups excluding carboxylic acids is 2. The average Bonchev–Trinajstić information content (AvgIpc) is 2.71. The standard InChI is InChI=1S/C22H22N2O4/c1-3-15-8-10-16(11-9-15)14(2)23-21(26)13-28-22(27)18-12-20(25)24-19-7-5-4-6-17(18)19/h4-12,14H,3,13H2,1-2H3,(H,23,26)(H,24,25)/t14-/m1/s1. The summed E-state index contributed by atoms with van der Waals surface area (Å²) in [5, 5.41) is 3.37. The summed E-state index contributed by atoms with van der Waals surface area (Å²) < 4.78 is 5.12. The molecule has 1 heterocycles. The molecular weight excluding hydrogens is 356 g/mol. The van der Waals surface area contributed by atoms with Gasteiger partial charge in [-0.05, 0) is 30.5 Å². The lowest BCUT2D eigenvalue weighted by molar-refractivity contribution is -0.124. The Morgan fingerprint density at radius 1 is 1.11 bits per heavy atom. The number of amides is 1. The molecule has 28 heavy (non-hydrogen) atoms. The van der Waals surface area contributed by atoms with E-state index in [-0.39, 0.29) is 11.6 Å². The Morgan fingerprint density at radius 3 is 2.54 bits per heavy atom. The van der Waals surface area contributed by atoms with Gasteiger partial charge in [0.25, 0.3) is 5.91 Å². The van der Waals surface area contributed by atoms with Gasteiger partial charge in [-0.1, -0.05) is 49.4 Å². The van der Waals surface area contributed by atoms with Crippen molar-refractivity contribution in [2.24, 2.45) is 0 Å². The van der Waals surface area contributed by atoms with E-state index in [9.17, 15) is 14.4 Å². The maximum Gasteiger partial charge on any atom is 0.339 e. The van der Waals surface area contributed by atoms with E-state index in [2.05, 4.69) is 17.2 Å². The number of benzene rings is 2. The normalized spacial score (nSPS) is 11.8. The van der Waals surface area contributed by atoms with Crippen LogP contribution in [0.2, 0.25) is 0 Å². The summed E-state index contributed by atoms with van der Waals surface area (Å²) in [6.45, 7) is 3.53. The second-order valence-corrected chi connectivity index (χ2v) is 6.55. The first kappa shape index (κ1) is 19.4. The second-order valence-electron chi connectivity index (χ2n) is 6.55. The molecule has 0 aliphatic carbocycles. The van der Waals surface area contributed by atoms with Gasteiger partial charge in [0.05, 0.1) is 11.6 Å². The maximum absolute atomic E-state index is 12.4. The van der Waals surface area contributed by atoms with Crippen molar-refractivity contribution in [1.82, 2.24) is 10.3 Å². The van der Waals surface area contributed by atoms with Crippen molar-refractivity contribution in [1.29, 1.82) is 0 Å². The highest BCUT2D eigenvalue weighted by Crippen LogP contribution is 2.16. The van der Waals surface area contributed by atoms with E-state index in [1.54, 1.807) is 24.3 Å². The van der Waals surface area contributed by atoms with Crippen LogP contribution in [-0.2, 0) is 16.0 Å². The van der Waals surface area contributed by atoms with Crippen LogP contribution in [0.15, 0.2) is 59.4 Å². The molecule has 2 N–H and O–H groups in total. The van der Waals surface area contributed by atoms with Crippen LogP contribution in [0.1, 0.15) is 41.4 Å². The molecule has 3 aromatic rings. The topological polar surface area (TPSA) is 88.3 Å². The molecule has 0 aliphatic heterocycles. The number of ether oxygens (including phenoxy) is 1. The highest BCUT2D eigenvalue weighted by atomic mass is 16.5. The van der Waals surface area contributed by atoms with Crippen LogP contribution in [-0.4, -0.2) is 23.5 Å². The average molecular weight is 378 g/mol. The molecule has 0 spiro atoms. The molecule has 144 valence electrons. The number of hydrogen-bond acceptors (Lipinski definition) is 4. The largest absolute Gasteiger partial charge is 0.452 e. The third kappa shape index (κ3) is 4.46. The summed E-state index contributed by atoms with van der Waals surface area (Å²) in [4.78, 5) is 39.0. The molecule has 0 saturated carbocycles. The summed E-state index contributed by atoms with van der Waals surface area (Å²) in [5.74, 6) is -1.12. The SMILES string of the molecule is CCc1ccc([C@@H](C)NC(=O)COC(=O)c2cc(=O)[nH]c3ccccc23)cc1. The van der Waals surface area contributed by atoms with Crippen molar-refractivity contribution in [3.8, 4) is 0 Å². The molecule has 0 fully saturated rings. The number of nitrogens with one attached hydrogen (secondary N) is 2. The van der Waals surface area contributed by atoms with E-state index < -0.39 is 24.0 Å². The Balaban J connectivity index is 1.63. The first-order valence-electron chi connectivity index (χ1n) is 9.15. The van der Waals surface area contributed by atoms with E-state index in [1.807, 2.05) is 31.2 Å². The van der Waals surface area contributed by atoms with Crippen LogP contribution in [0.3, 0.4) is 0 Å². The van der Waals surface area contributed by atoms with E-state index in [0.717, 1.165) is 12.0 Å². The number of rotatable bonds is 6. The van der Waals surface area contributed by atoms with Gasteiger partial charge in [-0.25, -0.2) is 4.79 Å². The number of pyridine rings is 1. The number of esters is 1. The van der Waals surface area contributed by atoms with Gasteiger partial charge in [0.1, 0.15) is 0 Å². The maximum atomic E-state index is 12.4. The number of aromatic amines is 1. The minimum Gasteiger partial charge on any atom is -0.452 e. The van der Waals surface area contributed by atoms with Gasteiger partial charge in [0, 0.05) is 17.0 Å². The quantitative estimate of drug-likeness (QED) is 0.645. The fourth-order valence-corrected chi connectivity index (χ4v) is 2.99. The van der Waals surface area contributed by atoms with Crippen molar-refractivity contribution in [2.75, 3.05) is 6.61 Å². The number of aromatic nitrogens is 1. The molecule has 0 unspecified atom stereocenters. The highest BCUT2D eigenvalue weighted by molar-refractivity contribution is 6.03. The van der Waals surface area contributed by atoms with E-state index in [0.29, 0.717) is 10.9 Å². The third-order valence-corrected chi connectivity index (χ3v) is 4.57. The molecule has 3 rings (SSSR count). The fraction of sp³-hybridized carbons (Fsp3) is 0.227. The Bertz CT molecular complexity index is 1050. The first-order valence-corrected chi connectivity index (χ1v) is 9.15. The summed E-state index contributed by atoms with van der Waals surface area (Å²) >= 11 is 0. The minimum absolute atomic E-state index is 0.135. The van der Waals surface area contributed by atoms with Crippen LogP contribution >= 0.6 is 0 Å². The molecule has 1 atom stereocenters. The van der Waals surface area contributed by atoms with Crippen LogP contribution in [0.25, 0.3) is 10.9 Å². The highest BCUT2D eigenvalue weighted by Gasteiger charge is 2.16. The van der Waals surface area contributed by atoms with Gasteiger partial charge in [-0.2, -0.15) is 0 Å². The molecule has 0 saturated heterocycles. The second kappa shape index (κ2) is 8.52. The zero-order valence-electron chi connectivity index (χ0n) is 15.8. The predicted octanol–water partition coefficient (Wildman–Crippen LogP) is 3.12. The van der Waals surface area contributed by atoms with Crippen molar-refractivity contribution in [3.05, 3.63) is 81.6 Å². The smallest absolute Gasteiger partial charge is 0.339 e. The third-order valence-electron chi connectivity index (χ3n) is 4.57. The van der Waals surface area contributed by atoms with Crippen LogP contribution in [0.5, 0.6) is 0 Å². The van der Waals surface area contributed by atoms with Gasteiger partial charge in [-0.15, -0.1) is 0 Å². The van der Waals surface area contributed by atoms with Gasteiger partial charge < -0.3 is 15.0 Å². The van der Waals surface area contributed by atoms with E-state index in [1.165, 1.54) is 11.6 Å². The van der Waals surface area contributed by atoms with Gasteiger partial charge in [-0.3, -0.25) is 9.59 Å². The van der Waals surface area contributed by atoms with Crippen molar-refractivity contribution in [2.45, 2.75) is 26.3 Å². The molecule has 0 bridgehead atoms. The minimum atomic E-state index is -0.711. The van der Waals surface area contributed by atoms with Crippen LogP contribution < -0.4 is 10.9 Å². The Labute approximate surface area is 162 Å². The molecular formula is C22H22N2O4. The number of para-hydroxylation sites is 1. The lowest BCUT2D eigenvalue weighted by Crippen LogP contribution is -2.31. The Kier molecular flexibility index (Phi) is 5.89. The van der Waals surface area contributed by atoms with Gasteiger partial charge >= 0.3 is 5.97 Å². The lowest BCUT2D eigenvalue weighted by Gasteiger charge is -2.15. The van der Waals surface area contributed by atoms with Crippen molar-refractivity contribution in [3.63, 3.8) is 0 Å². The Morgan fingerprint density at radius 2 is 1.82 bits per heavy atom. The molecule has 0 aliphatic rings. The molecule has 2 aromatic carbocycles. The predicted molar refractivity (Wildman–Crippen MR) is 107 cm³/mol. The summed E-state index contributed by atoms with van der Waals surface area (Å²) in [7, 11) is 0. The number of hydrogen-bond donors (Lipinski definition) is 2. The molecule has 6 heteroatoms. The van der Waals surface area contributed by atoms with Crippen LogP contribution in [0.4, 0.5) is 0 Å². The van der Waals surface area contributed by atoms with Crippen LogP contribution in [0, 0.1) is 0 Å². The van der Waals surface area contributed by atoms with Gasteiger partial charge in [0.2, 0.25) is 5.56 Å². The zero-order chi connectivity index (χ0) is 20.1. The number of H-pyrrole nitrogens is 1. The summed E-state index contributed by atoms with van der Waals surface area (Å²) in [6, 6.07) is 15.9. The van der Waals surface area contributed by atoms with Crippen molar-refractivity contribution >= 4 is 22.8 Å². The summed E-state index contributed by atoms with van der Waals surface area (Å²) in [5.41, 5.74) is 2.46.